The molecule has 4 nitrogen and oxygen atoms in total. The number of methoxy groups -OCH3 is 1. The summed E-state index contributed by atoms with van der Waals surface area (Å²) in [5.74, 6) is 0. The molecule has 0 saturated heterocycles. The van der Waals surface area contributed by atoms with Crippen LogP contribution < -0.4 is 5.32 Å². The van der Waals surface area contributed by atoms with Crippen LogP contribution in [0.25, 0.3) is 0 Å². The molecular weight excluding hydrogens is 216 g/mol. The van der Waals surface area contributed by atoms with Gasteiger partial charge in [-0.1, -0.05) is 13.8 Å². The molecule has 0 saturated carbocycles. The zero-order valence-corrected chi connectivity index (χ0v) is 12.3. The highest BCUT2D eigenvalue weighted by Crippen LogP contribution is 2.09. The molecule has 0 aromatic rings. The van der Waals surface area contributed by atoms with E-state index >= 15 is 0 Å². The largest absolute Gasteiger partial charge is 0.388 e. The molecule has 4 heteroatoms. The number of hydrogen-bond donors (Lipinski definition) is 2. The van der Waals surface area contributed by atoms with Crippen LogP contribution in [0.5, 0.6) is 0 Å². The number of nitrogens with one attached hydrogen (secondary N) is 1. The van der Waals surface area contributed by atoms with Crippen molar-refractivity contribution in [3.05, 3.63) is 0 Å². The second kappa shape index (κ2) is 8.03. The van der Waals surface area contributed by atoms with Gasteiger partial charge in [0.2, 0.25) is 0 Å². The van der Waals surface area contributed by atoms with Gasteiger partial charge in [0.15, 0.2) is 0 Å². The molecule has 0 amide bonds. The monoisotopic (exact) mass is 246 g/mol. The lowest BCUT2D eigenvalue weighted by atomic mass is 10.1. The zero-order chi connectivity index (χ0) is 13.5. The molecule has 0 spiro atoms. The normalized spacial score (nSPS) is 15.9. The Bertz CT molecular complexity index is 194. The van der Waals surface area contributed by atoms with Crippen LogP contribution in [-0.4, -0.2) is 61.0 Å². The molecule has 1 unspecified atom stereocenters. The summed E-state index contributed by atoms with van der Waals surface area (Å²) in [5, 5.41) is 13.6. The number of nitrogens with zero attached hydrogens (tertiary/aromatic N) is 1. The van der Waals surface area contributed by atoms with E-state index in [1.807, 2.05) is 6.92 Å². The summed E-state index contributed by atoms with van der Waals surface area (Å²) < 4.78 is 5.10. The summed E-state index contributed by atoms with van der Waals surface area (Å²) >= 11 is 0. The predicted octanol–water partition coefficient (Wildman–Crippen LogP) is 1.09. The highest BCUT2D eigenvalue weighted by atomic mass is 16.5. The summed E-state index contributed by atoms with van der Waals surface area (Å²) in [5.41, 5.74) is -0.706. The van der Waals surface area contributed by atoms with E-state index in [9.17, 15) is 5.11 Å². The van der Waals surface area contributed by atoms with Gasteiger partial charge in [-0.15, -0.1) is 0 Å². The van der Waals surface area contributed by atoms with Crippen molar-refractivity contribution >= 4 is 0 Å². The number of aliphatic hydroxyl groups is 1. The third-order valence-corrected chi connectivity index (χ3v) is 2.75. The van der Waals surface area contributed by atoms with Gasteiger partial charge in [-0.2, -0.15) is 0 Å². The lowest BCUT2D eigenvalue weighted by Gasteiger charge is -2.34. The Balaban J connectivity index is 4.20. The first kappa shape index (κ1) is 16.8. The molecule has 0 aliphatic heterocycles. The van der Waals surface area contributed by atoms with Crippen molar-refractivity contribution < 1.29 is 9.84 Å². The third kappa shape index (κ3) is 8.55. The van der Waals surface area contributed by atoms with Gasteiger partial charge in [0.1, 0.15) is 0 Å². The Hall–Kier alpha value is -0.160. The molecule has 104 valence electrons. The van der Waals surface area contributed by atoms with Crippen molar-refractivity contribution in [2.24, 2.45) is 0 Å². The number of rotatable bonds is 9. The molecule has 1 atom stereocenters. The van der Waals surface area contributed by atoms with Crippen molar-refractivity contribution in [2.45, 2.75) is 52.3 Å². The van der Waals surface area contributed by atoms with E-state index in [0.29, 0.717) is 31.8 Å². The van der Waals surface area contributed by atoms with Crippen molar-refractivity contribution in [1.29, 1.82) is 0 Å². The van der Waals surface area contributed by atoms with Gasteiger partial charge in [0.05, 0.1) is 12.2 Å². The Morgan fingerprint density at radius 2 is 1.88 bits per heavy atom. The van der Waals surface area contributed by atoms with E-state index in [0.717, 1.165) is 6.54 Å². The maximum absolute atomic E-state index is 10.3. The first-order valence-electron chi connectivity index (χ1n) is 6.47. The molecule has 0 bridgehead atoms. The first-order chi connectivity index (χ1) is 7.78. The molecule has 0 fully saturated rings. The molecule has 0 aromatic heterocycles. The maximum atomic E-state index is 10.3. The summed E-state index contributed by atoms with van der Waals surface area (Å²) in [6.45, 7) is 13.2. The van der Waals surface area contributed by atoms with Crippen LogP contribution in [0.4, 0.5) is 0 Å². The van der Waals surface area contributed by atoms with E-state index in [1.54, 1.807) is 7.11 Å². The highest BCUT2D eigenvalue weighted by Gasteiger charge is 2.25. The fourth-order valence-electron chi connectivity index (χ4n) is 1.65. The van der Waals surface area contributed by atoms with Gasteiger partial charge < -0.3 is 15.2 Å². The van der Waals surface area contributed by atoms with Gasteiger partial charge in [0, 0.05) is 38.8 Å². The fraction of sp³-hybridized carbons (Fsp3) is 1.00. The van der Waals surface area contributed by atoms with Gasteiger partial charge in [-0.05, 0) is 20.8 Å². The van der Waals surface area contributed by atoms with Crippen LogP contribution >= 0.6 is 0 Å². The van der Waals surface area contributed by atoms with Crippen LogP contribution in [-0.2, 0) is 4.74 Å². The smallest absolute Gasteiger partial charge is 0.0869 e. The minimum absolute atomic E-state index is 0.396. The quantitative estimate of drug-likeness (QED) is 0.639. The zero-order valence-electron chi connectivity index (χ0n) is 12.3. The van der Waals surface area contributed by atoms with Crippen LogP contribution in [0.15, 0.2) is 0 Å². The lowest BCUT2D eigenvalue weighted by Crippen LogP contribution is -2.51. The summed E-state index contributed by atoms with van der Waals surface area (Å²) in [6.07, 6.45) is 0. The van der Waals surface area contributed by atoms with E-state index in [1.165, 1.54) is 0 Å². The average molecular weight is 246 g/mol. The average Bonchev–Trinajstić information content (AvgIpc) is 2.21. The lowest BCUT2D eigenvalue weighted by molar-refractivity contribution is 0.00215. The fourth-order valence-corrected chi connectivity index (χ4v) is 1.65. The molecule has 0 aliphatic carbocycles. The molecule has 0 radical (unpaired) electrons. The minimum atomic E-state index is -0.706. The highest BCUT2D eigenvalue weighted by molar-refractivity contribution is 4.82. The van der Waals surface area contributed by atoms with Gasteiger partial charge in [0.25, 0.3) is 0 Å². The van der Waals surface area contributed by atoms with Gasteiger partial charge >= 0.3 is 0 Å². The Morgan fingerprint density at radius 3 is 2.29 bits per heavy atom. The van der Waals surface area contributed by atoms with Gasteiger partial charge in [-0.3, -0.25) is 4.90 Å². The van der Waals surface area contributed by atoms with Crippen molar-refractivity contribution in [1.82, 2.24) is 10.2 Å². The van der Waals surface area contributed by atoms with E-state index < -0.39 is 5.60 Å². The molecule has 0 rings (SSSR count). The summed E-state index contributed by atoms with van der Waals surface area (Å²) in [7, 11) is 1.71. The topological polar surface area (TPSA) is 44.7 Å². The minimum Gasteiger partial charge on any atom is -0.388 e. The standard InChI is InChI=1S/C13H30N2O2/c1-11(2)14-9-13(5,16)10-15(12(3)4)7-8-17-6/h11-12,14,16H,7-10H2,1-6H3. The number of ether oxygens (including phenoxy) is 1. The van der Waals surface area contributed by atoms with E-state index in [4.69, 9.17) is 4.74 Å². The second-order valence-corrected chi connectivity index (χ2v) is 5.59. The second-order valence-electron chi connectivity index (χ2n) is 5.59. The van der Waals surface area contributed by atoms with Crippen molar-refractivity contribution in [3.8, 4) is 0 Å². The number of hydrogen-bond acceptors (Lipinski definition) is 4. The van der Waals surface area contributed by atoms with Crippen LogP contribution in [0.1, 0.15) is 34.6 Å². The Kier molecular flexibility index (Phi) is 7.96. The molecule has 17 heavy (non-hydrogen) atoms. The summed E-state index contributed by atoms with van der Waals surface area (Å²) in [4.78, 5) is 2.24. The summed E-state index contributed by atoms with van der Waals surface area (Å²) in [6, 6.07) is 0.809. The molecule has 2 N–H and O–H groups in total. The van der Waals surface area contributed by atoms with Crippen LogP contribution in [0.3, 0.4) is 0 Å². The molecule has 0 aliphatic rings. The predicted molar refractivity (Wildman–Crippen MR) is 72.3 cm³/mol. The van der Waals surface area contributed by atoms with Gasteiger partial charge in [-0.25, -0.2) is 0 Å². The van der Waals surface area contributed by atoms with Crippen LogP contribution in [0.2, 0.25) is 0 Å². The Morgan fingerprint density at radius 1 is 1.29 bits per heavy atom. The van der Waals surface area contributed by atoms with E-state index in [2.05, 4.69) is 37.9 Å². The Labute approximate surface area is 106 Å². The molecule has 0 aromatic carbocycles. The molecular formula is C13H30N2O2. The third-order valence-electron chi connectivity index (χ3n) is 2.75. The molecule has 0 heterocycles. The van der Waals surface area contributed by atoms with Crippen molar-refractivity contribution in [3.63, 3.8) is 0 Å². The van der Waals surface area contributed by atoms with Crippen molar-refractivity contribution in [2.75, 3.05) is 33.4 Å². The van der Waals surface area contributed by atoms with E-state index in [-0.39, 0.29) is 0 Å². The van der Waals surface area contributed by atoms with Crippen LogP contribution in [0, 0.1) is 0 Å². The maximum Gasteiger partial charge on any atom is 0.0869 e. The SMILES string of the molecule is COCCN(CC(C)(O)CNC(C)C)C(C)C. The first-order valence-corrected chi connectivity index (χ1v) is 6.47.